The quantitative estimate of drug-likeness (QED) is 0.570. The first-order valence-corrected chi connectivity index (χ1v) is 8.95. The zero-order chi connectivity index (χ0) is 16.4. The van der Waals surface area contributed by atoms with E-state index in [0.717, 1.165) is 31.2 Å². The maximum atomic E-state index is 5.65. The van der Waals surface area contributed by atoms with Gasteiger partial charge in [0, 0.05) is 24.9 Å². The molecule has 0 atom stereocenters. The smallest absolute Gasteiger partial charge is 0.191 e. The summed E-state index contributed by atoms with van der Waals surface area (Å²) in [5.41, 5.74) is 1.22. The van der Waals surface area contributed by atoms with Crippen LogP contribution in [0.4, 0.5) is 0 Å². The predicted octanol–water partition coefficient (Wildman–Crippen LogP) is 2.93. The average molecular weight is 324 g/mol. The maximum absolute atomic E-state index is 5.65. The van der Waals surface area contributed by atoms with Gasteiger partial charge in [0.25, 0.3) is 0 Å². The molecule has 0 saturated carbocycles. The number of nitrogens with one attached hydrogen (secondary N) is 2. The van der Waals surface area contributed by atoms with E-state index < -0.39 is 0 Å². The molecule has 1 rings (SSSR count). The van der Waals surface area contributed by atoms with Gasteiger partial charge in [-0.2, -0.15) is 11.8 Å². The lowest BCUT2D eigenvalue weighted by molar-refractivity contribution is 0.336. The number of benzene rings is 1. The first-order chi connectivity index (χ1) is 10.5. The minimum Gasteiger partial charge on any atom is -0.494 e. The van der Waals surface area contributed by atoms with Gasteiger partial charge in [-0.05, 0) is 45.1 Å². The number of thioether (sulfide) groups is 1. The lowest BCUT2D eigenvalue weighted by atomic mass is 10.1. The number of hydrogen-bond donors (Lipinski definition) is 2. The van der Waals surface area contributed by atoms with E-state index in [0.29, 0.717) is 6.61 Å². The molecule has 0 aliphatic rings. The second-order valence-corrected chi connectivity index (χ2v) is 7.12. The van der Waals surface area contributed by atoms with E-state index in [-0.39, 0.29) is 4.75 Å². The molecule has 0 spiro atoms. The van der Waals surface area contributed by atoms with Gasteiger partial charge in [0.15, 0.2) is 5.96 Å². The van der Waals surface area contributed by atoms with Crippen LogP contribution in [-0.2, 0) is 6.42 Å². The van der Waals surface area contributed by atoms with Gasteiger partial charge in [0.05, 0.1) is 6.61 Å². The van der Waals surface area contributed by atoms with Crippen molar-refractivity contribution in [3.05, 3.63) is 29.8 Å². The summed E-state index contributed by atoms with van der Waals surface area (Å²) in [5, 5.41) is 6.73. The van der Waals surface area contributed by atoms with Crippen LogP contribution >= 0.6 is 11.8 Å². The highest BCUT2D eigenvalue weighted by molar-refractivity contribution is 7.99. The second-order valence-electron chi connectivity index (χ2n) is 5.61. The lowest BCUT2D eigenvalue weighted by Gasteiger charge is -2.23. The number of ether oxygens (including phenoxy) is 1. The van der Waals surface area contributed by atoms with Crippen LogP contribution in [-0.4, -0.2) is 43.7 Å². The van der Waals surface area contributed by atoms with E-state index in [4.69, 9.17) is 4.74 Å². The number of para-hydroxylation sites is 1. The Labute approximate surface area is 139 Å². The van der Waals surface area contributed by atoms with Crippen LogP contribution in [0.15, 0.2) is 29.3 Å². The van der Waals surface area contributed by atoms with Crippen LogP contribution in [0.2, 0.25) is 0 Å². The fraction of sp³-hybridized carbons (Fsp3) is 0.588. The highest BCUT2D eigenvalue weighted by atomic mass is 32.2. The van der Waals surface area contributed by atoms with Crippen LogP contribution in [0.5, 0.6) is 5.75 Å². The van der Waals surface area contributed by atoms with Crippen molar-refractivity contribution < 1.29 is 4.74 Å². The summed E-state index contributed by atoms with van der Waals surface area (Å²) in [6.45, 7) is 8.84. The van der Waals surface area contributed by atoms with E-state index in [1.54, 1.807) is 7.05 Å². The zero-order valence-electron chi connectivity index (χ0n) is 14.4. The molecule has 2 N–H and O–H groups in total. The van der Waals surface area contributed by atoms with Crippen molar-refractivity contribution >= 4 is 17.7 Å². The molecule has 0 heterocycles. The molecule has 0 unspecified atom stereocenters. The Hall–Kier alpha value is -1.36. The minimum atomic E-state index is 0.194. The third kappa shape index (κ3) is 6.60. The molecule has 124 valence electrons. The molecule has 0 radical (unpaired) electrons. The summed E-state index contributed by atoms with van der Waals surface area (Å²) < 4.78 is 5.84. The summed E-state index contributed by atoms with van der Waals surface area (Å²) in [5.74, 6) is 1.81. The maximum Gasteiger partial charge on any atom is 0.191 e. The first-order valence-electron chi connectivity index (χ1n) is 7.72. The molecule has 0 aromatic heterocycles. The Balaban J connectivity index is 2.45. The Kier molecular flexibility index (Phi) is 8.17. The van der Waals surface area contributed by atoms with Crippen molar-refractivity contribution in [2.24, 2.45) is 4.99 Å². The molecule has 4 nitrogen and oxygen atoms in total. The first kappa shape index (κ1) is 18.7. The minimum absolute atomic E-state index is 0.194. The van der Waals surface area contributed by atoms with Crippen molar-refractivity contribution in [2.45, 2.75) is 31.9 Å². The van der Waals surface area contributed by atoms with E-state index >= 15 is 0 Å². The molecule has 0 amide bonds. The summed E-state index contributed by atoms with van der Waals surface area (Å²) >= 11 is 1.85. The van der Waals surface area contributed by atoms with Crippen molar-refractivity contribution in [2.75, 3.05) is 33.0 Å². The van der Waals surface area contributed by atoms with Gasteiger partial charge in [-0.25, -0.2) is 0 Å². The molecule has 1 aromatic rings. The van der Waals surface area contributed by atoms with Crippen molar-refractivity contribution in [1.82, 2.24) is 10.6 Å². The van der Waals surface area contributed by atoms with Crippen LogP contribution in [0.25, 0.3) is 0 Å². The summed E-state index contributed by atoms with van der Waals surface area (Å²) in [4.78, 5) is 4.27. The topological polar surface area (TPSA) is 45.6 Å². The Morgan fingerprint density at radius 2 is 2.00 bits per heavy atom. The second kappa shape index (κ2) is 9.62. The third-order valence-corrected chi connectivity index (χ3v) is 4.67. The molecule has 0 aliphatic carbocycles. The Morgan fingerprint density at radius 3 is 2.64 bits per heavy atom. The van der Waals surface area contributed by atoms with Crippen LogP contribution in [0.3, 0.4) is 0 Å². The molecule has 1 aromatic carbocycles. The van der Waals surface area contributed by atoms with Gasteiger partial charge in [0.1, 0.15) is 5.75 Å². The number of aliphatic imine (C=N–C) groups is 1. The molecule has 0 saturated heterocycles. The van der Waals surface area contributed by atoms with Gasteiger partial charge < -0.3 is 15.4 Å². The largest absolute Gasteiger partial charge is 0.494 e. The molecule has 0 bridgehead atoms. The van der Waals surface area contributed by atoms with Gasteiger partial charge in [0.2, 0.25) is 0 Å². The van der Waals surface area contributed by atoms with Gasteiger partial charge >= 0.3 is 0 Å². The standard InChI is InChI=1S/C17H29N3OS/c1-6-21-15-10-8-7-9-14(15)11-12-19-16(18-4)20-13-17(2,3)22-5/h7-10H,6,11-13H2,1-5H3,(H2,18,19,20). The highest BCUT2D eigenvalue weighted by Crippen LogP contribution is 2.19. The summed E-state index contributed by atoms with van der Waals surface area (Å²) in [7, 11) is 1.80. The third-order valence-electron chi connectivity index (χ3n) is 3.42. The lowest BCUT2D eigenvalue weighted by Crippen LogP contribution is -2.43. The van der Waals surface area contributed by atoms with Gasteiger partial charge in [-0.3, -0.25) is 4.99 Å². The van der Waals surface area contributed by atoms with Gasteiger partial charge in [-0.1, -0.05) is 18.2 Å². The Morgan fingerprint density at radius 1 is 1.27 bits per heavy atom. The summed E-state index contributed by atoms with van der Waals surface area (Å²) in [6, 6.07) is 8.19. The fourth-order valence-electron chi connectivity index (χ4n) is 1.91. The predicted molar refractivity (Wildman–Crippen MR) is 98.3 cm³/mol. The molecule has 22 heavy (non-hydrogen) atoms. The normalized spacial score (nSPS) is 12.1. The SMILES string of the molecule is CCOc1ccccc1CCNC(=NC)NCC(C)(C)SC. The van der Waals surface area contributed by atoms with E-state index in [1.807, 2.05) is 36.9 Å². The highest BCUT2D eigenvalue weighted by Gasteiger charge is 2.16. The molecule has 0 aliphatic heterocycles. The monoisotopic (exact) mass is 323 g/mol. The molecule has 0 fully saturated rings. The number of rotatable bonds is 8. The van der Waals surface area contributed by atoms with Crippen LogP contribution in [0, 0.1) is 0 Å². The number of hydrogen-bond acceptors (Lipinski definition) is 3. The number of guanidine groups is 1. The van der Waals surface area contributed by atoms with Crippen molar-refractivity contribution in [3.63, 3.8) is 0 Å². The van der Waals surface area contributed by atoms with E-state index in [9.17, 15) is 0 Å². The number of nitrogens with zero attached hydrogens (tertiary/aromatic N) is 1. The van der Waals surface area contributed by atoms with Crippen LogP contribution < -0.4 is 15.4 Å². The Bertz CT molecular complexity index is 475. The van der Waals surface area contributed by atoms with E-state index in [1.165, 1.54) is 5.56 Å². The van der Waals surface area contributed by atoms with E-state index in [2.05, 4.69) is 41.8 Å². The average Bonchev–Trinajstić information content (AvgIpc) is 2.52. The molecule has 5 heteroatoms. The van der Waals surface area contributed by atoms with Gasteiger partial charge in [-0.15, -0.1) is 0 Å². The fourth-order valence-corrected chi connectivity index (χ4v) is 2.13. The van der Waals surface area contributed by atoms with Crippen LogP contribution in [0.1, 0.15) is 26.3 Å². The summed E-state index contributed by atoms with van der Waals surface area (Å²) in [6.07, 6.45) is 3.03. The van der Waals surface area contributed by atoms with Crippen molar-refractivity contribution in [1.29, 1.82) is 0 Å². The zero-order valence-corrected chi connectivity index (χ0v) is 15.2. The van der Waals surface area contributed by atoms with Crippen molar-refractivity contribution in [3.8, 4) is 5.75 Å². The molecular formula is C17H29N3OS. The molecular weight excluding hydrogens is 294 g/mol.